The third-order valence-electron chi connectivity index (χ3n) is 3.62. The predicted octanol–water partition coefficient (Wildman–Crippen LogP) is 3.79. The van der Waals surface area contributed by atoms with Crippen LogP contribution in [0.4, 0.5) is 0 Å². The Bertz CT molecular complexity index is 880. The highest BCUT2D eigenvalue weighted by Gasteiger charge is 2.01. The van der Waals surface area contributed by atoms with Crippen LogP contribution in [0.5, 0.6) is 11.5 Å². The molecule has 3 aromatic carbocycles. The molecule has 0 unspecified atom stereocenters. The van der Waals surface area contributed by atoms with Crippen molar-refractivity contribution in [3.8, 4) is 11.5 Å². The summed E-state index contributed by atoms with van der Waals surface area (Å²) in [5.41, 5.74) is 4.37. The van der Waals surface area contributed by atoms with Gasteiger partial charge in [-0.25, -0.2) is 5.43 Å². The molecule has 0 saturated heterocycles. The number of nitrogens with zero attached hydrogens (tertiary/aromatic N) is 1. The van der Waals surface area contributed by atoms with Crippen molar-refractivity contribution < 1.29 is 14.3 Å². The lowest BCUT2D eigenvalue weighted by atomic mass is 10.2. The average molecular weight is 360 g/mol. The molecule has 3 rings (SSSR count). The van der Waals surface area contributed by atoms with Gasteiger partial charge in [-0.2, -0.15) is 5.10 Å². The fraction of sp³-hybridized carbons (Fsp3) is 0.0909. The first-order valence-corrected chi connectivity index (χ1v) is 8.56. The minimum atomic E-state index is -0.327. The number of hydrazone groups is 1. The van der Waals surface area contributed by atoms with Crippen LogP contribution in [-0.2, 0) is 11.4 Å². The zero-order valence-corrected chi connectivity index (χ0v) is 14.7. The van der Waals surface area contributed by atoms with Gasteiger partial charge < -0.3 is 9.47 Å². The number of ether oxygens (including phenoxy) is 2. The summed E-state index contributed by atoms with van der Waals surface area (Å²) in [6.07, 6.45) is 1.57. The van der Waals surface area contributed by atoms with E-state index in [0.717, 1.165) is 16.9 Å². The first-order chi connectivity index (χ1) is 13.3. The molecule has 0 heterocycles. The minimum Gasteiger partial charge on any atom is -0.489 e. The van der Waals surface area contributed by atoms with Gasteiger partial charge in [0.25, 0.3) is 5.91 Å². The highest BCUT2D eigenvalue weighted by Crippen LogP contribution is 2.14. The van der Waals surface area contributed by atoms with Gasteiger partial charge in [0.2, 0.25) is 0 Å². The third kappa shape index (κ3) is 6.32. The molecule has 0 aliphatic heterocycles. The molecule has 0 spiro atoms. The van der Waals surface area contributed by atoms with Crippen LogP contribution in [0.15, 0.2) is 90.0 Å². The number of nitrogens with one attached hydrogen (secondary N) is 1. The van der Waals surface area contributed by atoms with E-state index in [1.54, 1.807) is 18.3 Å². The lowest BCUT2D eigenvalue weighted by Gasteiger charge is -2.07. The first kappa shape index (κ1) is 18.2. The molecule has 0 aliphatic rings. The summed E-state index contributed by atoms with van der Waals surface area (Å²) in [5.74, 6) is 1.05. The molecular formula is C22H20N2O3. The zero-order chi connectivity index (χ0) is 18.7. The topological polar surface area (TPSA) is 59.9 Å². The SMILES string of the molecule is O=C(COc1ccccc1)N/N=C\c1cccc(OCc2ccccc2)c1. The second-order valence-electron chi connectivity index (χ2n) is 5.74. The fourth-order valence-electron chi connectivity index (χ4n) is 2.30. The quantitative estimate of drug-likeness (QED) is 0.491. The highest BCUT2D eigenvalue weighted by atomic mass is 16.5. The van der Waals surface area contributed by atoms with Gasteiger partial charge in [-0.05, 0) is 35.4 Å². The molecule has 3 aromatic rings. The molecule has 0 atom stereocenters. The average Bonchev–Trinajstić information content (AvgIpc) is 2.73. The van der Waals surface area contributed by atoms with Crippen molar-refractivity contribution in [2.24, 2.45) is 5.10 Å². The lowest BCUT2D eigenvalue weighted by molar-refractivity contribution is -0.123. The number of benzene rings is 3. The Labute approximate surface area is 158 Å². The summed E-state index contributed by atoms with van der Waals surface area (Å²) in [6.45, 7) is 0.399. The molecule has 0 aromatic heterocycles. The Hall–Kier alpha value is -3.60. The van der Waals surface area contributed by atoms with Crippen molar-refractivity contribution in [3.63, 3.8) is 0 Å². The second kappa shape index (κ2) is 9.77. The van der Waals surface area contributed by atoms with Gasteiger partial charge in [-0.3, -0.25) is 4.79 Å². The summed E-state index contributed by atoms with van der Waals surface area (Å²) in [6, 6.07) is 26.6. The Morgan fingerprint density at radius 3 is 2.33 bits per heavy atom. The normalized spacial score (nSPS) is 10.5. The van der Waals surface area contributed by atoms with E-state index in [0.29, 0.717) is 12.4 Å². The molecule has 27 heavy (non-hydrogen) atoms. The number of hydrogen-bond donors (Lipinski definition) is 1. The largest absolute Gasteiger partial charge is 0.489 e. The van der Waals surface area contributed by atoms with Crippen LogP contribution in [0.25, 0.3) is 0 Å². The van der Waals surface area contributed by atoms with E-state index in [1.807, 2.05) is 72.8 Å². The van der Waals surface area contributed by atoms with E-state index in [2.05, 4.69) is 10.5 Å². The van der Waals surface area contributed by atoms with Gasteiger partial charge in [0, 0.05) is 0 Å². The van der Waals surface area contributed by atoms with Gasteiger partial charge in [0.15, 0.2) is 6.61 Å². The lowest BCUT2D eigenvalue weighted by Crippen LogP contribution is -2.24. The Balaban J connectivity index is 1.46. The maximum absolute atomic E-state index is 11.8. The summed E-state index contributed by atoms with van der Waals surface area (Å²) < 4.78 is 11.1. The van der Waals surface area contributed by atoms with Gasteiger partial charge in [0.05, 0.1) is 6.21 Å². The van der Waals surface area contributed by atoms with Crippen molar-refractivity contribution in [2.45, 2.75) is 6.61 Å². The smallest absolute Gasteiger partial charge is 0.277 e. The van der Waals surface area contributed by atoms with Crippen LogP contribution in [0.2, 0.25) is 0 Å². The van der Waals surface area contributed by atoms with Crippen molar-refractivity contribution in [2.75, 3.05) is 6.61 Å². The third-order valence-corrected chi connectivity index (χ3v) is 3.62. The molecule has 136 valence electrons. The van der Waals surface area contributed by atoms with E-state index in [9.17, 15) is 4.79 Å². The van der Waals surface area contributed by atoms with Crippen LogP contribution in [0.1, 0.15) is 11.1 Å². The van der Waals surface area contributed by atoms with Crippen LogP contribution in [-0.4, -0.2) is 18.7 Å². The van der Waals surface area contributed by atoms with Gasteiger partial charge in [-0.15, -0.1) is 0 Å². The zero-order valence-electron chi connectivity index (χ0n) is 14.7. The Morgan fingerprint density at radius 1 is 0.852 bits per heavy atom. The molecule has 1 N–H and O–H groups in total. The maximum atomic E-state index is 11.8. The Kier molecular flexibility index (Phi) is 6.59. The van der Waals surface area contributed by atoms with E-state index in [1.165, 1.54) is 0 Å². The molecule has 5 heteroatoms. The maximum Gasteiger partial charge on any atom is 0.277 e. The van der Waals surface area contributed by atoms with Gasteiger partial charge in [0.1, 0.15) is 18.1 Å². The van der Waals surface area contributed by atoms with E-state index in [-0.39, 0.29) is 12.5 Å². The molecule has 0 saturated carbocycles. The van der Waals surface area contributed by atoms with E-state index < -0.39 is 0 Å². The number of para-hydroxylation sites is 1. The van der Waals surface area contributed by atoms with Gasteiger partial charge >= 0.3 is 0 Å². The van der Waals surface area contributed by atoms with Crippen LogP contribution in [0, 0.1) is 0 Å². The number of carbonyl (C=O) groups is 1. The molecule has 5 nitrogen and oxygen atoms in total. The standard InChI is InChI=1S/C22H20N2O3/c25-22(17-27-20-11-5-2-6-12-20)24-23-15-19-10-7-13-21(14-19)26-16-18-8-3-1-4-9-18/h1-15H,16-17H2,(H,24,25)/b23-15-. The van der Waals surface area contributed by atoms with Crippen LogP contribution < -0.4 is 14.9 Å². The van der Waals surface area contributed by atoms with Gasteiger partial charge in [-0.1, -0.05) is 60.7 Å². The summed E-state index contributed by atoms with van der Waals surface area (Å²) >= 11 is 0. The highest BCUT2D eigenvalue weighted by molar-refractivity contribution is 5.83. The fourth-order valence-corrected chi connectivity index (χ4v) is 2.30. The number of rotatable bonds is 8. The van der Waals surface area contributed by atoms with E-state index in [4.69, 9.17) is 9.47 Å². The van der Waals surface area contributed by atoms with E-state index >= 15 is 0 Å². The molecule has 0 radical (unpaired) electrons. The predicted molar refractivity (Wildman–Crippen MR) is 105 cm³/mol. The van der Waals surface area contributed by atoms with Crippen molar-refractivity contribution >= 4 is 12.1 Å². The number of hydrogen-bond acceptors (Lipinski definition) is 4. The Morgan fingerprint density at radius 2 is 1.56 bits per heavy atom. The molecule has 1 amide bonds. The molecule has 0 bridgehead atoms. The van der Waals surface area contributed by atoms with Crippen LogP contribution in [0.3, 0.4) is 0 Å². The molecular weight excluding hydrogens is 340 g/mol. The number of amides is 1. The second-order valence-corrected chi connectivity index (χ2v) is 5.74. The van der Waals surface area contributed by atoms with Crippen molar-refractivity contribution in [1.29, 1.82) is 0 Å². The van der Waals surface area contributed by atoms with Crippen LogP contribution >= 0.6 is 0 Å². The number of carbonyl (C=O) groups excluding carboxylic acids is 1. The monoisotopic (exact) mass is 360 g/mol. The summed E-state index contributed by atoms with van der Waals surface area (Å²) in [7, 11) is 0. The van der Waals surface area contributed by atoms with Crippen molar-refractivity contribution in [1.82, 2.24) is 5.43 Å². The molecule has 0 fully saturated rings. The summed E-state index contributed by atoms with van der Waals surface area (Å²) in [5, 5.41) is 3.95. The molecule has 0 aliphatic carbocycles. The minimum absolute atomic E-state index is 0.0957. The first-order valence-electron chi connectivity index (χ1n) is 8.56. The summed E-state index contributed by atoms with van der Waals surface area (Å²) in [4.78, 5) is 11.8. The van der Waals surface area contributed by atoms with Crippen molar-refractivity contribution in [3.05, 3.63) is 96.1 Å².